The fraction of sp³-hybridized carbons (Fsp3) is 0.333. The molecule has 0 aliphatic rings. The second-order valence-electron chi connectivity index (χ2n) is 9.73. The molecule has 0 saturated carbocycles. The Morgan fingerprint density at radius 2 is 1.60 bits per heavy atom. The number of nitrogens with zero attached hydrogens (tertiary/aromatic N) is 2. The summed E-state index contributed by atoms with van der Waals surface area (Å²) in [6.07, 6.45) is 1.72. The van der Waals surface area contributed by atoms with Crippen molar-refractivity contribution in [3.8, 4) is 0 Å². The van der Waals surface area contributed by atoms with Crippen LogP contribution in [0.25, 0.3) is 0 Å². The SMILES string of the molecule is CCCCNC(=O)[C@H](C)N(Cc1ccc(Cl)cc1)C(=O)CN(c1ccc(C)c(Cl)c1)S(=O)(=O)c1ccc(C)cc1. The average molecular weight is 605 g/mol. The summed E-state index contributed by atoms with van der Waals surface area (Å²) in [4.78, 5) is 28.4. The Morgan fingerprint density at radius 1 is 0.950 bits per heavy atom. The summed E-state index contributed by atoms with van der Waals surface area (Å²) in [6.45, 7) is 7.37. The van der Waals surface area contributed by atoms with Crippen LogP contribution in [0.3, 0.4) is 0 Å². The van der Waals surface area contributed by atoms with Gasteiger partial charge in [0.25, 0.3) is 10.0 Å². The number of benzene rings is 3. The normalized spacial score (nSPS) is 12.1. The molecule has 3 rings (SSSR count). The number of carbonyl (C=O) groups excluding carboxylic acids is 2. The average Bonchev–Trinajstić information content (AvgIpc) is 2.92. The summed E-state index contributed by atoms with van der Waals surface area (Å²) in [5.41, 5.74) is 2.66. The molecular formula is C30H35Cl2N3O4S. The van der Waals surface area contributed by atoms with Gasteiger partial charge in [0.1, 0.15) is 12.6 Å². The van der Waals surface area contributed by atoms with Gasteiger partial charge < -0.3 is 10.2 Å². The minimum atomic E-state index is -4.16. The van der Waals surface area contributed by atoms with Crippen LogP contribution in [0, 0.1) is 13.8 Å². The van der Waals surface area contributed by atoms with E-state index in [1.54, 1.807) is 55.5 Å². The van der Waals surface area contributed by atoms with Gasteiger partial charge in [-0.3, -0.25) is 13.9 Å². The van der Waals surface area contributed by atoms with Crippen LogP contribution in [-0.2, 0) is 26.2 Å². The van der Waals surface area contributed by atoms with Gasteiger partial charge in [0, 0.05) is 23.1 Å². The second-order valence-corrected chi connectivity index (χ2v) is 12.4. The lowest BCUT2D eigenvalue weighted by atomic mass is 10.1. The van der Waals surface area contributed by atoms with E-state index in [1.165, 1.54) is 23.1 Å². The Labute approximate surface area is 247 Å². The zero-order chi connectivity index (χ0) is 29.4. The summed E-state index contributed by atoms with van der Waals surface area (Å²) >= 11 is 12.4. The van der Waals surface area contributed by atoms with Crippen molar-refractivity contribution >= 4 is 50.7 Å². The fourth-order valence-corrected chi connectivity index (χ4v) is 5.72. The maximum absolute atomic E-state index is 13.9. The van der Waals surface area contributed by atoms with Gasteiger partial charge >= 0.3 is 0 Å². The molecule has 1 atom stereocenters. The lowest BCUT2D eigenvalue weighted by molar-refractivity contribution is -0.139. The zero-order valence-corrected chi connectivity index (χ0v) is 25.5. The summed E-state index contributed by atoms with van der Waals surface area (Å²) in [6, 6.07) is 17.3. The van der Waals surface area contributed by atoms with Crippen LogP contribution < -0.4 is 9.62 Å². The molecule has 0 spiro atoms. The van der Waals surface area contributed by atoms with E-state index in [0.29, 0.717) is 16.6 Å². The molecule has 40 heavy (non-hydrogen) atoms. The van der Waals surface area contributed by atoms with Crippen molar-refractivity contribution in [1.29, 1.82) is 0 Å². The molecule has 10 heteroatoms. The Kier molecular flexibility index (Phi) is 11.0. The van der Waals surface area contributed by atoms with E-state index in [2.05, 4.69) is 5.32 Å². The van der Waals surface area contributed by atoms with Crippen LogP contribution >= 0.6 is 23.2 Å². The van der Waals surface area contributed by atoms with E-state index in [-0.39, 0.29) is 23.0 Å². The third-order valence-corrected chi connectivity index (χ3v) is 9.04. The summed E-state index contributed by atoms with van der Waals surface area (Å²) in [7, 11) is -4.16. The first-order valence-electron chi connectivity index (χ1n) is 13.1. The number of carbonyl (C=O) groups is 2. The maximum Gasteiger partial charge on any atom is 0.264 e. The van der Waals surface area contributed by atoms with Crippen LogP contribution in [-0.4, -0.2) is 44.3 Å². The van der Waals surface area contributed by atoms with Crippen LogP contribution in [0.1, 0.15) is 43.4 Å². The van der Waals surface area contributed by atoms with Crippen LogP contribution in [0.5, 0.6) is 0 Å². The molecule has 0 radical (unpaired) electrons. The molecule has 0 aliphatic heterocycles. The quantitative estimate of drug-likeness (QED) is 0.252. The van der Waals surface area contributed by atoms with Crippen molar-refractivity contribution in [3.05, 3.63) is 93.5 Å². The molecule has 0 aromatic heterocycles. The predicted molar refractivity (Wildman–Crippen MR) is 161 cm³/mol. The molecule has 7 nitrogen and oxygen atoms in total. The van der Waals surface area contributed by atoms with E-state index in [4.69, 9.17) is 23.2 Å². The van der Waals surface area contributed by atoms with Crippen LogP contribution in [0.2, 0.25) is 10.0 Å². The Balaban J connectivity index is 2.02. The molecule has 0 aliphatic carbocycles. The fourth-order valence-electron chi connectivity index (χ4n) is 4.01. The van der Waals surface area contributed by atoms with Gasteiger partial charge in [-0.1, -0.05) is 72.4 Å². The van der Waals surface area contributed by atoms with E-state index in [1.807, 2.05) is 20.8 Å². The van der Waals surface area contributed by atoms with Crippen molar-refractivity contribution < 1.29 is 18.0 Å². The molecule has 3 aromatic carbocycles. The van der Waals surface area contributed by atoms with Crippen molar-refractivity contribution in [2.75, 3.05) is 17.4 Å². The number of aryl methyl sites for hydroxylation is 2. The molecule has 0 fully saturated rings. The molecule has 0 heterocycles. The van der Waals surface area contributed by atoms with Crippen molar-refractivity contribution in [2.24, 2.45) is 0 Å². The number of amides is 2. The van der Waals surface area contributed by atoms with Gasteiger partial charge in [-0.05, 0) is 74.7 Å². The predicted octanol–water partition coefficient (Wildman–Crippen LogP) is 6.14. The molecule has 1 N–H and O–H groups in total. The summed E-state index contributed by atoms with van der Waals surface area (Å²) in [5, 5.41) is 3.78. The van der Waals surface area contributed by atoms with Gasteiger partial charge in [-0.25, -0.2) is 8.42 Å². The lowest BCUT2D eigenvalue weighted by Crippen LogP contribution is -2.51. The van der Waals surface area contributed by atoms with Crippen molar-refractivity contribution in [2.45, 2.75) is 58.0 Å². The number of hydrogen-bond acceptors (Lipinski definition) is 4. The smallest absolute Gasteiger partial charge is 0.264 e. The first-order valence-corrected chi connectivity index (χ1v) is 15.3. The topological polar surface area (TPSA) is 86.8 Å². The van der Waals surface area contributed by atoms with E-state index >= 15 is 0 Å². The highest BCUT2D eigenvalue weighted by Gasteiger charge is 2.32. The number of unbranched alkanes of at least 4 members (excludes halogenated alkanes) is 1. The third-order valence-electron chi connectivity index (χ3n) is 6.59. The first kappa shape index (κ1) is 31.5. The Morgan fingerprint density at radius 3 is 2.20 bits per heavy atom. The standard InChI is InChI=1S/C30H35Cl2N3O4S/c1-5-6-17-33-30(37)23(4)34(19-24-10-12-25(31)13-11-24)29(36)20-35(26-14-9-22(3)28(32)18-26)40(38,39)27-15-7-21(2)8-16-27/h7-16,18,23H,5-6,17,19-20H2,1-4H3,(H,33,37)/t23-/m0/s1. The third kappa shape index (κ3) is 7.99. The Bertz CT molecular complexity index is 1430. The number of anilines is 1. The van der Waals surface area contributed by atoms with E-state index < -0.39 is 28.5 Å². The van der Waals surface area contributed by atoms with Gasteiger partial charge in [0.2, 0.25) is 11.8 Å². The van der Waals surface area contributed by atoms with Crippen molar-refractivity contribution in [3.63, 3.8) is 0 Å². The minimum Gasteiger partial charge on any atom is -0.354 e. The second kappa shape index (κ2) is 14.0. The monoisotopic (exact) mass is 603 g/mol. The minimum absolute atomic E-state index is 0.0391. The number of hydrogen-bond donors (Lipinski definition) is 1. The maximum atomic E-state index is 13.9. The number of halogens is 2. The lowest BCUT2D eigenvalue weighted by Gasteiger charge is -2.32. The highest BCUT2D eigenvalue weighted by atomic mass is 35.5. The van der Waals surface area contributed by atoms with Gasteiger partial charge in [-0.2, -0.15) is 0 Å². The molecule has 0 bridgehead atoms. The highest BCUT2D eigenvalue weighted by Crippen LogP contribution is 2.29. The van der Waals surface area contributed by atoms with Crippen molar-refractivity contribution in [1.82, 2.24) is 10.2 Å². The molecule has 3 aromatic rings. The number of rotatable bonds is 12. The van der Waals surface area contributed by atoms with Gasteiger partial charge in [0.15, 0.2) is 0 Å². The summed E-state index contributed by atoms with van der Waals surface area (Å²) in [5.74, 6) is -0.859. The Hall–Kier alpha value is -3.07. The number of sulfonamides is 1. The van der Waals surface area contributed by atoms with Gasteiger partial charge in [0.05, 0.1) is 10.6 Å². The molecule has 0 unspecified atom stereocenters. The first-order chi connectivity index (χ1) is 18.9. The molecule has 0 saturated heterocycles. The van der Waals surface area contributed by atoms with Crippen LogP contribution in [0.15, 0.2) is 71.6 Å². The largest absolute Gasteiger partial charge is 0.354 e. The molecular weight excluding hydrogens is 569 g/mol. The summed E-state index contributed by atoms with van der Waals surface area (Å²) < 4.78 is 28.8. The van der Waals surface area contributed by atoms with E-state index in [0.717, 1.165) is 33.8 Å². The molecule has 214 valence electrons. The van der Waals surface area contributed by atoms with Gasteiger partial charge in [-0.15, -0.1) is 0 Å². The van der Waals surface area contributed by atoms with E-state index in [9.17, 15) is 18.0 Å². The number of nitrogens with one attached hydrogen (secondary N) is 1. The zero-order valence-electron chi connectivity index (χ0n) is 23.2. The van der Waals surface area contributed by atoms with Crippen LogP contribution in [0.4, 0.5) is 5.69 Å². The molecule has 2 amide bonds. The highest BCUT2D eigenvalue weighted by molar-refractivity contribution is 7.92.